The minimum atomic E-state index is 0.565. The van der Waals surface area contributed by atoms with E-state index in [0.717, 1.165) is 13.1 Å². The van der Waals surface area contributed by atoms with Gasteiger partial charge >= 0.3 is 0 Å². The van der Waals surface area contributed by atoms with Crippen LogP contribution in [0, 0.1) is 5.92 Å². The van der Waals surface area contributed by atoms with Gasteiger partial charge in [0.05, 0.1) is 0 Å². The smallest absolute Gasteiger partial charge is 0.180 e. The molecule has 0 fully saturated rings. The summed E-state index contributed by atoms with van der Waals surface area (Å²) in [4.78, 5) is 7.79. The van der Waals surface area contributed by atoms with Crippen LogP contribution in [0.5, 0.6) is 0 Å². The third kappa shape index (κ3) is 4.18. The maximum absolute atomic E-state index is 5.62. The van der Waals surface area contributed by atoms with Crippen molar-refractivity contribution in [3.05, 3.63) is 11.1 Å². The van der Waals surface area contributed by atoms with Crippen molar-refractivity contribution in [1.82, 2.24) is 9.88 Å². The maximum atomic E-state index is 5.62. The summed E-state index contributed by atoms with van der Waals surface area (Å²) < 4.78 is 0. The number of thiazole rings is 1. The van der Waals surface area contributed by atoms with Gasteiger partial charge in [0, 0.05) is 30.2 Å². The second-order valence-corrected chi connectivity index (χ2v) is 5.73. The van der Waals surface area contributed by atoms with Crippen LogP contribution in [-0.2, 0) is 6.54 Å². The molecule has 2 N–H and O–H groups in total. The van der Waals surface area contributed by atoms with E-state index < -0.39 is 0 Å². The Morgan fingerprint density at radius 3 is 2.47 bits per heavy atom. The van der Waals surface area contributed by atoms with Crippen molar-refractivity contribution in [2.24, 2.45) is 5.92 Å². The maximum Gasteiger partial charge on any atom is 0.180 e. The number of rotatable bonds is 5. The lowest BCUT2D eigenvalue weighted by Gasteiger charge is -2.27. The zero-order chi connectivity index (χ0) is 11.4. The third-order valence-corrected chi connectivity index (χ3v) is 3.07. The Balaban J connectivity index is 2.58. The van der Waals surface area contributed by atoms with Gasteiger partial charge in [0.15, 0.2) is 5.13 Å². The van der Waals surface area contributed by atoms with E-state index >= 15 is 0 Å². The highest BCUT2D eigenvalue weighted by Crippen LogP contribution is 2.18. The molecule has 0 aliphatic rings. The summed E-state index contributed by atoms with van der Waals surface area (Å²) in [5.41, 5.74) is 5.62. The standard InChI is InChI=1S/C11H21N3S/c1-8(2)6-14(9(3)4)7-10-5-13-11(12)15-10/h5,8-9H,6-7H2,1-4H3,(H2,12,13). The molecule has 0 aromatic carbocycles. The quantitative estimate of drug-likeness (QED) is 0.840. The molecular formula is C11H21N3S. The fraction of sp³-hybridized carbons (Fsp3) is 0.727. The zero-order valence-electron chi connectivity index (χ0n) is 10.0. The number of anilines is 1. The Kier molecular flexibility index (Phi) is 4.54. The first-order valence-corrected chi connectivity index (χ1v) is 6.25. The van der Waals surface area contributed by atoms with Crippen LogP contribution in [0.4, 0.5) is 5.13 Å². The van der Waals surface area contributed by atoms with E-state index in [1.807, 2.05) is 6.20 Å². The lowest BCUT2D eigenvalue weighted by Crippen LogP contribution is -2.33. The molecular weight excluding hydrogens is 206 g/mol. The summed E-state index contributed by atoms with van der Waals surface area (Å²) in [6, 6.07) is 0.565. The molecule has 0 aliphatic heterocycles. The van der Waals surface area contributed by atoms with Gasteiger partial charge in [-0.2, -0.15) is 0 Å². The van der Waals surface area contributed by atoms with E-state index in [4.69, 9.17) is 5.73 Å². The number of aromatic nitrogens is 1. The van der Waals surface area contributed by atoms with E-state index in [1.165, 1.54) is 4.88 Å². The molecule has 4 heteroatoms. The van der Waals surface area contributed by atoms with Gasteiger partial charge in [0.2, 0.25) is 0 Å². The molecule has 3 nitrogen and oxygen atoms in total. The molecule has 0 unspecified atom stereocenters. The van der Waals surface area contributed by atoms with E-state index in [0.29, 0.717) is 17.1 Å². The van der Waals surface area contributed by atoms with E-state index in [2.05, 4.69) is 37.6 Å². The highest BCUT2D eigenvalue weighted by Gasteiger charge is 2.12. The predicted octanol–water partition coefficient (Wildman–Crippen LogP) is 2.59. The van der Waals surface area contributed by atoms with Gasteiger partial charge in [-0.3, -0.25) is 4.90 Å². The normalized spacial score (nSPS) is 11.9. The molecule has 0 amide bonds. The highest BCUT2D eigenvalue weighted by atomic mass is 32.1. The Labute approximate surface area is 96.3 Å². The van der Waals surface area contributed by atoms with Crippen molar-refractivity contribution < 1.29 is 0 Å². The first-order valence-electron chi connectivity index (χ1n) is 5.43. The first-order chi connectivity index (χ1) is 6.99. The molecule has 0 saturated carbocycles. The van der Waals surface area contributed by atoms with Crippen LogP contribution in [0.2, 0.25) is 0 Å². The molecule has 1 rings (SSSR count). The van der Waals surface area contributed by atoms with Crippen LogP contribution < -0.4 is 5.73 Å². The van der Waals surface area contributed by atoms with Crippen molar-refractivity contribution in [2.75, 3.05) is 12.3 Å². The molecule has 86 valence electrons. The molecule has 0 aliphatic carbocycles. The minimum Gasteiger partial charge on any atom is -0.375 e. The fourth-order valence-corrected chi connectivity index (χ4v) is 2.23. The lowest BCUT2D eigenvalue weighted by molar-refractivity contribution is 0.191. The molecule has 0 bridgehead atoms. The average molecular weight is 227 g/mol. The number of nitrogens with zero attached hydrogens (tertiary/aromatic N) is 2. The summed E-state index contributed by atoms with van der Waals surface area (Å²) >= 11 is 1.59. The van der Waals surface area contributed by atoms with Gasteiger partial charge < -0.3 is 5.73 Å². The van der Waals surface area contributed by atoms with Crippen molar-refractivity contribution >= 4 is 16.5 Å². The first kappa shape index (κ1) is 12.5. The van der Waals surface area contributed by atoms with Crippen LogP contribution in [0.25, 0.3) is 0 Å². The number of hydrogen-bond donors (Lipinski definition) is 1. The van der Waals surface area contributed by atoms with E-state index in [9.17, 15) is 0 Å². The largest absolute Gasteiger partial charge is 0.375 e. The Hall–Kier alpha value is -0.610. The zero-order valence-corrected chi connectivity index (χ0v) is 10.8. The lowest BCUT2D eigenvalue weighted by atomic mass is 10.2. The van der Waals surface area contributed by atoms with Crippen molar-refractivity contribution in [3.8, 4) is 0 Å². The van der Waals surface area contributed by atoms with Crippen LogP contribution in [0.15, 0.2) is 6.20 Å². The Morgan fingerprint density at radius 1 is 1.40 bits per heavy atom. The van der Waals surface area contributed by atoms with E-state index in [-0.39, 0.29) is 0 Å². The van der Waals surface area contributed by atoms with Crippen LogP contribution in [0.1, 0.15) is 32.6 Å². The number of hydrogen-bond acceptors (Lipinski definition) is 4. The summed E-state index contributed by atoms with van der Waals surface area (Å²) in [5, 5.41) is 0.665. The molecule has 0 radical (unpaired) electrons. The van der Waals surface area contributed by atoms with Gasteiger partial charge in [-0.05, 0) is 19.8 Å². The highest BCUT2D eigenvalue weighted by molar-refractivity contribution is 7.15. The van der Waals surface area contributed by atoms with Gasteiger partial charge in [-0.15, -0.1) is 11.3 Å². The summed E-state index contributed by atoms with van der Waals surface area (Å²) in [6.45, 7) is 11.0. The molecule has 15 heavy (non-hydrogen) atoms. The van der Waals surface area contributed by atoms with Crippen LogP contribution in [0.3, 0.4) is 0 Å². The monoisotopic (exact) mass is 227 g/mol. The summed E-state index contributed by atoms with van der Waals surface area (Å²) in [7, 11) is 0. The van der Waals surface area contributed by atoms with E-state index in [1.54, 1.807) is 11.3 Å². The average Bonchev–Trinajstić information content (AvgIpc) is 2.49. The SMILES string of the molecule is CC(C)CN(Cc1cnc(N)s1)C(C)C. The summed E-state index contributed by atoms with van der Waals surface area (Å²) in [5.74, 6) is 0.692. The molecule has 1 aromatic rings. The van der Waals surface area contributed by atoms with Crippen molar-refractivity contribution in [1.29, 1.82) is 0 Å². The third-order valence-electron chi connectivity index (χ3n) is 2.26. The Morgan fingerprint density at radius 2 is 2.07 bits per heavy atom. The topological polar surface area (TPSA) is 42.2 Å². The second kappa shape index (κ2) is 5.47. The van der Waals surface area contributed by atoms with Crippen molar-refractivity contribution in [3.63, 3.8) is 0 Å². The van der Waals surface area contributed by atoms with Gasteiger partial charge in [-0.1, -0.05) is 13.8 Å². The fourth-order valence-electron chi connectivity index (χ4n) is 1.52. The minimum absolute atomic E-state index is 0.565. The predicted molar refractivity (Wildman–Crippen MR) is 66.9 cm³/mol. The Bertz CT molecular complexity index is 294. The van der Waals surface area contributed by atoms with Gasteiger partial charge in [-0.25, -0.2) is 4.98 Å². The number of nitrogens with two attached hydrogens (primary N) is 1. The van der Waals surface area contributed by atoms with Crippen LogP contribution in [-0.4, -0.2) is 22.5 Å². The molecule has 0 atom stereocenters. The number of nitrogen functional groups attached to an aromatic ring is 1. The molecule has 1 aromatic heterocycles. The summed E-state index contributed by atoms with van der Waals surface area (Å²) in [6.07, 6.45) is 1.88. The molecule has 0 spiro atoms. The van der Waals surface area contributed by atoms with Crippen LogP contribution >= 0.6 is 11.3 Å². The van der Waals surface area contributed by atoms with Gasteiger partial charge in [0.1, 0.15) is 0 Å². The van der Waals surface area contributed by atoms with Gasteiger partial charge in [0.25, 0.3) is 0 Å². The molecule has 1 heterocycles. The second-order valence-electron chi connectivity index (χ2n) is 4.58. The molecule has 0 saturated heterocycles. The van der Waals surface area contributed by atoms with Crippen molar-refractivity contribution in [2.45, 2.75) is 40.3 Å².